The second-order valence-corrected chi connectivity index (χ2v) is 4.93. The van der Waals surface area contributed by atoms with Gasteiger partial charge in [0.15, 0.2) is 17.3 Å². The topological polar surface area (TPSA) is 80.6 Å². The quantitative estimate of drug-likeness (QED) is 0.798. The van der Waals surface area contributed by atoms with Gasteiger partial charge in [-0.2, -0.15) is 0 Å². The van der Waals surface area contributed by atoms with E-state index in [4.69, 9.17) is 9.15 Å². The number of furan rings is 1. The SMILES string of the molecule is COc1ccc([C@@H](NC(=O)CNC(=O)c2ccco2)C(F)F)cc1F. The van der Waals surface area contributed by atoms with Crippen LogP contribution in [0, 0.1) is 5.82 Å². The Morgan fingerprint density at radius 2 is 2.04 bits per heavy atom. The standard InChI is InChI=1S/C16H15F3N2O4/c1-24-11-5-4-9(7-10(11)17)14(15(18)19)21-13(22)8-20-16(23)12-3-2-6-25-12/h2-7,14-15H,8H2,1H3,(H,20,23)(H,21,22)/t14-/m1/s1. The van der Waals surface area contributed by atoms with Crippen LogP contribution in [0.2, 0.25) is 0 Å². The van der Waals surface area contributed by atoms with Crippen molar-refractivity contribution in [2.24, 2.45) is 0 Å². The Bertz CT molecular complexity index is 735. The molecule has 1 aromatic heterocycles. The highest BCUT2D eigenvalue weighted by Gasteiger charge is 2.25. The zero-order valence-electron chi connectivity index (χ0n) is 13.1. The van der Waals surface area contributed by atoms with E-state index < -0.39 is 36.6 Å². The van der Waals surface area contributed by atoms with E-state index in [-0.39, 0.29) is 17.1 Å². The largest absolute Gasteiger partial charge is 0.494 e. The van der Waals surface area contributed by atoms with Crippen molar-refractivity contribution in [2.45, 2.75) is 12.5 Å². The molecule has 1 aromatic carbocycles. The molecule has 1 atom stereocenters. The minimum absolute atomic E-state index is 0.0181. The number of hydrogen-bond acceptors (Lipinski definition) is 4. The number of methoxy groups -OCH3 is 1. The number of hydrogen-bond donors (Lipinski definition) is 2. The number of halogens is 3. The molecule has 6 nitrogen and oxygen atoms in total. The van der Waals surface area contributed by atoms with Gasteiger partial charge in [-0.15, -0.1) is 0 Å². The van der Waals surface area contributed by atoms with Crippen molar-refractivity contribution in [3.05, 3.63) is 53.7 Å². The average Bonchev–Trinajstić information content (AvgIpc) is 3.12. The van der Waals surface area contributed by atoms with Crippen molar-refractivity contribution in [1.29, 1.82) is 0 Å². The van der Waals surface area contributed by atoms with E-state index >= 15 is 0 Å². The summed E-state index contributed by atoms with van der Waals surface area (Å²) in [5.74, 6) is -2.47. The summed E-state index contributed by atoms with van der Waals surface area (Å²) in [6.07, 6.45) is -1.70. The molecule has 2 rings (SSSR count). The van der Waals surface area contributed by atoms with Crippen molar-refractivity contribution in [3.63, 3.8) is 0 Å². The van der Waals surface area contributed by atoms with Gasteiger partial charge in [0.25, 0.3) is 12.3 Å². The summed E-state index contributed by atoms with van der Waals surface area (Å²) in [5.41, 5.74) is -0.126. The third-order valence-electron chi connectivity index (χ3n) is 3.26. The first kappa shape index (κ1) is 18.4. The lowest BCUT2D eigenvalue weighted by atomic mass is 10.1. The number of benzene rings is 1. The molecule has 0 bridgehead atoms. The van der Waals surface area contributed by atoms with Gasteiger partial charge in [0.1, 0.15) is 6.04 Å². The van der Waals surface area contributed by atoms with Gasteiger partial charge in [-0.25, -0.2) is 13.2 Å². The number of rotatable bonds is 7. The monoisotopic (exact) mass is 356 g/mol. The average molecular weight is 356 g/mol. The lowest BCUT2D eigenvalue weighted by Gasteiger charge is -2.19. The second-order valence-electron chi connectivity index (χ2n) is 4.93. The number of amides is 2. The summed E-state index contributed by atoms with van der Waals surface area (Å²) < 4.78 is 49.6. The van der Waals surface area contributed by atoms with Crippen LogP contribution in [0.25, 0.3) is 0 Å². The Balaban J connectivity index is 2.00. The molecule has 2 N–H and O–H groups in total. The summed E-state index contributed by atoms with van der Waals surface area (Å²) in [6.45, 7) is -0.540. The fraction of sp³-hybridized carbons (Fsp3) is 0.250. The Morgan fingerprint density at radius 3 is 2.60 bits per heavy atom. The Kier molecular flexibility index (Phi) is 6.04. The first-order valence-electron chi connectivity index (χ1n) is 7.15. The molecule has 1 heterocycles. The predicted octanol–water partition coefficient (Wildman–Crippen LogP) is 2.28. The Labute approximate surface area is 141 Å². The van der Waals surface area contributed by atoms with Crippen LogP contribution >= 0.6 is 0 Å². The van der Waals surface area contributed by atoms with E-state index in [0.29, 0.717) is 0 Å². The number of alkyl halides is 2. The van der Waals surface area contributed by atoms with Crippen LogP contribution in [0.4, 0.5) is 13.2 Å². The van der Waals surface area contributed by atoms with Crippen molar-refractivity contribution in [1.82, 2.24) is 10.6 Å². The molecule has 0 radical (unpaired) electrons. The molecular formula is C16H15F3N2O4. The molecule has 0 aliphatic carbocycles. The van der Waals surface area contributed by atoms with E-state index in [9.17, 15) is 22.8 Å². The zero-order chi connectivity index (χ0) is 18.4. The molecule has 0 spiro atoms. The summed E-state index contributed by atoms with van der Waals surface area (Å²) in [4.78, 5) is 23.4. The van der Waals surface area contributed by atoms with Gasteiger partial charge in [0, 0.05) is 0 Å². The third kappa shape index (κ3) is 4.75. The van der Waals surface area contributed by atoms with E-state index in [1.807, 2.05) is 0 Å². The maximum absolute atomic E-state index is 13.7. The van der Waals surface area contributed by atoms with Crippen LogP contribution in [-0.2, 0) is 4.79 Å². The van der Waals surface area contributed by atoms with Crippen LogP contribution in [-0.4, -0.2) is 31.9 Å². The highest BCUT2D eigenvalue weighted by molar-refractivity contribution is 5.94. The maximum atomic E-state index is 13.7. The van der Waals surface area contributed by atoms with Gasteiger partial charge in [-0.05, 0) is 29.8 Å². The van der Waals surface area contributed by atoms with Crippen LogP contribution in [0.1, 0.15) is 22.2 Å². The molecule has 0 fully saturated rings. The van der Waals surface area contributed by atoms with Crippen LogP contribution in [0.15, 0.2) is 41.0 Å². The maximum Gasteiger partial charge on any atom is 0.287 e. The second kappa shape index (κ2) is 8.22. The van der Waals surface area contributed by atoms with E-state index in [1.165, 1.54) is 37.6 Å². The smallest absolute Gasteiger partial charge is 0.287 e. The molecule has 0 saturated carbocycles. The van der Waals surface area contributed by atoms with Gasteiger partial charge in [-0.3, -0.25) is 9.59 Å². The van der Waals surface area contributed by atoms with Gasteiger partial charge in [0.2, 0.25) is 5.91 Å². The molecule has 0 aliphatic rings. The number of ether oxygens (including phenoxy) is 1. The lowest BCUT2D eigenvalue weighted by Crippen LogP contribution is -2.40. The summed E-state index contributed by atoms with van der Waals surface area (Å²) in [5, 5.41) is 4.28. The molecular weight excluding hydrogens is 341 g/mol. The van der Waals surface area contributed by atoms with Crippen molar-refractivity contribution in [3.8, 4) is 5.75 Å². The Hall–Kier alpha value is -2.97. The fourth-order valence-electron chi connectivity index (χ4n) is 2.05. The first-order valence-corrected chi connectivity index (χ1v) is 7.15. The fourth-order valence-corrected chi connectivity index (χ4v) is 2.05. The number of carbonyl (C=O) groups excluding carboxylic acids is 2. The molecule has 0 saturated heterocycles. The minimum Gasteiger partial charge on any atom is -0.494 e. The molecule has 0 aliphatic heterocycles. The molecule has 25 heavy (non-hydrogen) atoms. The van der Waals surface area contributed by atoms with Crippen molar-refractivity contribution < 1.29 is 31.9 Å². The first-order chi connectivity index (χ1) is 11.9. The molecule has 2 amide bonds. The molecule has 2 aromatic rings. The summed E-state index contributed by atoms with van der Waals surface area (Å²) in [7, 11) is 1.24. The molecule has 134 valence electrons. The van der Waals surface area contributed by atoms with Crippen LogP contribution in [0.5, 0.6) is 5.75 Å². The van der Waals surface area contributed by atoms with E-state index in [1.54, 1.807) is 0 Å². The zero-order valence-corrected chi connectivity index (χ0v) is 13.1. The van der Waals surface area contributed by atoms with Crippen LogP contribution < -0.4 is 15.4 Å². The van der Waals surface area contributed by atoms with E-state index in [0.717, 1.165) is 6.07 Å². The Morgan fingerprint density at radius 1 is 1.28 bits per heavy atom. The van der Waals surface area contributed by atoms with Gasteiger partial charge in [-0.1, -0.05) is 6.07 Å². The number of carbonyl (C=O) groups is 2. The normalized spacial score (nSPS) is 11.9. The van der Waals surface area contributed by atoms with Gasteiger partial charge < -0.3 is 19.8 Å². The van der Waals surface area contributed by atoms with Crippen LogP contribution in [0.3, 0.4) is 0 Å². The highest BCUT2D eigenvalue weighted by Crippen LogP contribution is 2.25. The predicted molar refractivity (Wildman–Crippen MR) is 80.9 cm³/mol. The van der Waals surface area contributed by atoms with Crippen molar-refractivity contribution in [2.75, 3.05) is 13.7 Å². The highest BCUT2D eigenvalue weighted by atomic mass is 19.3. The van der Waals surface area contributed by atoms with Gasteiger partial charge >= 0.3 is 0 Å². The van der Waals surface area contributed by atoms with E-state index in [2.05, 4.69) is 10.6 Å². The third-order valence-corrected chi connectivity index (χ3v) is 3.26. The molecule has 0 unspecified atom stereocenters. The van der Waals surface area contributed by atoms with Gasteiger partial charge in [0.05, 0.1) is 19.9 Å². The number of nitrogens with one attached hydrogen (secondary N) is 2. The summed E-state index contributed by atoms with van der Waals surface area (Å²) >= 11 is 0. The lowest BCUT2D eigenvalue weighted by molar-refractivity contribution is -0.122. The minimum atomic E-state index is -2.97. The van der Waals surface area contributed by atoms with Crippen molar-refractivity contribution >= 4 is 11.8 Å². The molecule has 9 heteroatoms. The summed E-state index contributed by atoms with van der Waals surface area (Å²) in [6, 6.07) is 4.41.